The van der Waals surface area contributed by atoms with E-state index in [1.807, 2.05) is 12.1 Å². The van der Waals surface area contributed by atoms with Crippen LogP contribution < -0.4 is 0 Å². The summed E-state index contributed by atoms with van der Waals surface area (Å²) < 4.78 is 21.4. The van der Waals surface area contributed by atoms with Crippen LogP contribution in [0.5, 0.6) is 0 Å². The van der Waals surface area contributed by atoms with Crippen molar-refractivity contribution in [2.45, 2.75) is 26.2 Å². The number of carbonyl (C=O) groups excluding carboxylic acids is 1. The van der Waals surface area contributed by atoms with Crippen molar-refractivity contribution in [2.75, 3.05) is 5.75 Å². The van der Waals surface area contributed by atoms with E-state index in [1.54, 1.807) is 12.1 Å². The van der Waals surface area contributed by atoms with Crippen LogP contribution in [0.3, 0.4) is 0 Å². The molecule has 0 unspecified atom stereocenters. The molecule has 0 aliphatic carbocycles. The summed E-state index contributed by atoms with van der Waals surface area (Å²) in [5.41, 5.74) is 1.67. The maximum Gasteiger partial charge on any atom is 0.233 e. The lowest BCUT2D eigenvalue weighted by Gasteiger charge is -2.06. The highest BCUT2D eigenvalue weighted by Gasteiger charge is 2.12. The second-order valence-electron chi connectivity index (χ2n) is 4.19. The van der Waals surface area contributed by atoms with Crippen LogP contribution in [0.4, 0.5) is 0 Å². The molecule has 1 aromatic carbocycles. The average Bonchev–Trinajstić information content (AvgIpc) is 2.25. The summed E-state index contributed by atoms with van der Waals surface area (Å²) in [5, 5.41) is 0. The molecule has 0 fully saturated rings. The topological polar surface area (TPSA) is 51.2 Å². The summed E-state index contributed by atoms with van der Waals surface area (Å²) in [6, 6.07) is 7.21. The molecule has 0 atom stereocenters. The van der Waals surface area contributed by atoms with Crippen molar-refractivity contribution < 1.29 is 13.2 Å². The molecular weight excluding hydrogens is 260 g/mol. The van der Waals surface area contributed by atoms with E-state index in [2.05, 4.69) is 13.8 Å². The number of hydrogen-bond donors (Lipinski definition) is 0. The van der Waals surface area contributed by atoms with E-state index in [1.165, 1.54) is 0 Å². The monoisotopic (exact) mass is 274 g/mol. The van der Waals surface area contributed by atoms with Crippen LogP contribution >= 0.6 is 10.7 Å². The molecule has 0 radical (unpaired) electrons. The maximum absolute atomic E-state index is 11.6. The van der Waals surface area contributed by atoms with Crippen LogP contribution in [-0.4, -0.2) is 20.0 Å². The van der Waals surface area contributed by atoms with E-state index in [-0.39, 0.29) is 18.0 Å². The predicted molar refractivity (Wildman–Crippen MR) is 69.1 cm³/mol. The van der Waals surface area contributed by atoms with Gasteiger partial charge in [-0.1, -0.05) is 38.1 Å². The van der Waals surface area contributed by atoms with Crippen LogP contribution in [0, 0.1) is 0 Å². The standard InChI is InChI=1S/C12H15ClO3S/c1-9(2)10-3-5-11(6-4-10)12(14)7-8-17(13,15)16/h3-6,9H,7-8H2,1-2H3. The molecule has 0 aliphatic heterocycles. The Hall–Kier alpha value is -0.870. The minimum absolute atomic E-state index is 0.0765. The highest BCUT2D eigenvalue weighted by molar-refractivity contribution is 8.13. The number of Topliss-reactive ketones (excluding diaryl/α,β-unsaturated/α-hetero) is 1. The molecule has 5 heteroatoms. The molecule has 0 amide bonds. The van der Waals surface area contributed by atoms with Crippen molar-refractivity contribution in [1.29, 1.82) is 0 Å². The fraction of sp³-hybridized carbons (Fsp3) is 0.417. The van der Waals surface area contributed by atoms with Crippen molar-refractivity contribution in [1.82, 2.24) is 0 Å². The molecule has 3 nitrogen and oxygen atoms in total. The van der Waals surface area contributed by atoms with Gasteiger partial charge in [0.15, 0.2) is 5.78 Å². The highest BCUT2D eigenvalue weighted by Crippen LogP contribution is 2.15. The van der Waals surface area contributed by atoms with Crippen molar-refractivity contribution >= 4 is 25.5 Å². The fourth-order valence-electron chi connectivity index (χ4n) is 1.41. The van der Waals surface area contributed by atoms with Gasteiger partial charge >= 0.3 is 0 Å². The Labute approximate surface area is 106 Å². The van der Waals surface area contributed by atoms with Gasteiger partial charge in [-0.15, -0.1) is 0 Å². The lowest BCUT2D eigenvalue weighted by molar-refractivity contribution is 0.0989. The van der Waals surface area contributed by atoms with Gasteiger partial charge in [0.2, 0.25) is 9.05 Å². The Morgan fingerprint density at radius 1 is 1.24 bits per heavy atom. The van der Waals surface area contributed by atoms with E-state index in [0.717, 1.165) is 5.56 Å². The van der Waals surface area contributed by atoms with Crippen molar-refractivity contribution in [3.63, 3.8) is 0 Å². The Kier molecular flexibility index (Phi) is 4.71. The van der Waals surface area contributed by atoms with Crippen LogP contribution in [0.1, 0.15) is 42.1 Å². The number of hydrogen-bond acceptors (Lipinski definition) is 3. The molecule has 0 saturated carbocycles. The Morgan fingerprint density at radius 2 is 1.76 bits per heavy atom. The molecule has 17 heavy (non-hydrogen) atoms. The number of rotatable bonds is 5. The first kappa shape index (κ1) is 14.2. The average molecular weight is 275 g/mol. The normalized spacial score (nSPS) is 11.8. The minimum atomic E-state index is -3.60. The summed E-state index contributed by atoms with van der Waals surface area (Å²) >= 11 is 0. The summed E-state index contributed by atoms with van der Waals surface area (Å²) in [6.07, 6.45) is -0.0765. The number of benzene rings is 1. The minimum Gasteiger partial charge on any atom is -0.294 e. The molecule has 94 valence electrons. The van der Waals surface area contributed by atoms with Gasteiger partial charge in [0, 0.05) is 22.7 Å². The maximum atomic E-state index is 11.6. The lowest BCUT2D eigenvalue weighted by atomic mass is 10.00. The van der Waals surface area contributed by atoms with Crippen molar-refractivity contribution in [3.05, 3.63) is 35.4 Å². The Morgan fingerprint density at radius 3 is 2.18 bits per heavy atom. The summed E-state index contributed by atoms with van der Waals surface area (Å²) in [7, 11) is 1.45. The van der Waals surface area contributed by atoms with Gasteiger partial charge in [0.25, 0.3) is 0 Å². The first-order valence-electron chi connectivity index (χ1n) is 5.35. The van der Waals surface area contributed by atoms with Crippen LogP contribution in [0.15, 0.2) is 24.3 Å². The zero-order chi connectivity index (χ0) is 13.1. The van der Waals surface area contributed by atoms with Gasteiger partial charge in [0.1, 0.15) is 0 Å². The van der Waals surface area contributed by atoms with Gasteiger partial charge in [0.05, 0.1) is 5.75 Å². The molecule has 0 aliphatic rings. The van der Waals surface area contributed by atoms with Gasteiger partial charge in [-0.2, -0.15) is 0 Å². The third kappa shape index (κ3) is 4.88. The van der Waals surface area contributed by atoms with E-state index >= 15 is 0 Å². The summed E-state index contributed by atoms with van der Waals surface area (Å²) in [4.78, 5) is 11.6. The number of halogens is 1. The summed E-state index contributed by atoms with van der Waals surface area (Å²) in [6.45, 7) is 4.13. The van der Waals surface area contributed by atoms with Gasteiger partial charge in [-0.25, -0.2) is 8.42 Å². The third-order valence-electron chi connectivity index (χ3n) is 2.47. The van der Waals surface area contributed by atoms with Crippen LogP contribution in [0.25, 0.3) is 0 Å². The SMILES string of the molecule is CC(C)c1ccc(C(=O)CCS(=O)(=O)Cl)cc1. The molecule has 0 spiro atoms. The van der Waals surface area contributed by atoms with Crippen molar-refractivity contribution in [3.8, 4) is 0 Å². The molecule has 0 N–H and O–H groups in total. The molecule has 0 saturated heterocycles. The van der Waals surface area contributed by atoms with Crippen LogP contribution in [-0.2, 0) is 9.05 Å². The zero-order valence-corrected chi connectivity index (χ0v) is 11.4. The summed E-state index contributed by atoms with van der Waals surface area (Å²) in [5.74, 6) is -0.119. The van der Waals surface area contributed by atoms with E-state index in [4.69, 9.17) is 10.7 Å². The Bertz CT molecular complexity index is 489. The molecule has 0 bridgehead atoms. The third-order valence-corrected chi connectivity index (χ3v) is 3.63. The first-order valence-corrected chi connectivity index (χ1v) is 7.83. The van der Waals surface area contributed by atoms with Gasteiger partial charge in [-0.3, -0.25) is 4.79 Å². The highest BCUT2D eigenvalue weighted by atomic mass is 35.7. The second-order valence-corrected chi connectivity index (χ2v) is 7.09. The molecular formula is C12H15ClO3S. The van der Waals surface area contributed by atoms with Gasteiger partial charge < -0.3 is 0 Å². The second kappa shape index (κ2) is 5.65. The van der Waals surface area contributed by atoms with E-state index < -0.39 is 9.05 Å². The van der Waals surface area contributed by atoms with Crippen molar-refractivity contribution in [2.24, 2.45) is 0 Å². The number of carbonyl (C=O) groups is 1. The Balaban J connectivity index is 2.70. The smallest absolute Gasteiger partial charge is 0.233 e. The molecule has 0 aromatic heterocycles. The quantitative estimate of drug-likeness (QED) is 0.613. The largest absolute Gasteiger partial charge is 0.294 e. The fourth-order valence-corrected chi connectivity index (χ4v) is 2.07. The van der Waals surface area contributed by atoms with Crippen LogP contribution in [0.2, 0.25) is 0 Å². The van der Waals surface area contributed by atoms with Gasteiger partial charge in [-0.05, 0) is 11.5 Å². The van der Waals surface area contributed by atoms with E-state index in [0.29, 0.717) is 11.5 Å². The zero-order valence-electron chi connectivity index (χ0n) is 9.81. The predicted octanol–water partition coefficient (Wildman–Crippen LogP) is 2.95. The first-order chi connectivity index (χ1) is 7.79. The molecule has 1 rings (SSSR count). The molecule has 0 heterocycles. The number of ketones is 1. The lowest BCUT2D eigenvalue weighted by Crippen LogP contribution is -2.06. The van der Waals surface area contributed by atoms with E-state index in [9.17, 15) is 13.2 Å². The molecule has 1 aromatic rings.